The van der Waals surface area contributed by atoms with Crippen molar-refractivity contribution in [1.29, 1.82) is 0 Å². The zero-order valence-electron chi connectivity index (χ0n) is 17.5. The number of benzene rings is 3. The fourth-order valence-electron chi connectivity index (χ4n) is 3.06. The molecule has 3 aromatic carbocycles. The van der Waals surface area contributed by atoms with Crippen molar-refractivity contribution in [2.75, 3.05) is 16.0 Å². The van der Waals surface area contributed by atoms with Gasteiger partial charge >= 0.3 is 0 Å². The Labute approximate surface area is 193 Å². The van der Waals surface area contributed by atoms with Crippen LogP contribution in [-0.4, -0.2) is 27.9 Å². The molecule has 1 heterocycles. The fraction of sp³-hybridized carbons (Fsp3) is 0.0417. The van der Waals surface area contributed by atoms with Crippen molar-refractivity contribution in [3.63, 3.8) is 0 Å². The first kappa shape index (κ1) is 21.8. The maximum Gasteiger partial charge on any atom is 0.257 e. The topological polar surface area (TPSA) is 113 Å². The molecule has 9 heteroatoms. The molecule has 0 aliphatic heterocycles. The van der Waals surface area contributed by atoms with Gasteiger partial charge in [-0.3, -0.25) is 19.7 Å². The molecule has 0 atom stereocenters. The van der Waals surface area contributed by atoms with Crippen molar-refractivity contribution in [3.8, 4) is 10.6 Å². The summed E-state index contributed by atoms with van der Waals surface area (Å²) >= 11 is 1.27. The van der Waals surface area contributed by atoms with E-state index in [1.807, 2.05) is 30.3 Å². The summed E-state index contributed by atoms with van der Waals surface area (Å²) in [5, 5.41) is 17.4. The third kappa shape index (κ3) is 5.46. The normalized spacial score (nSPS) is 10.3. The highest BCUT2D eigenvalue weighted by atomic mass is 32.1. The Kier molecular flexibility index (Phi) is 6.51. The molecule has 33 heavy (non-hydrogen) atoms. The van der Waals surface area contributed by atoms with E-state index in [-0.39, 0.29) is 11.8 Å². The van der Waals surface area contributed by atoms with E-state index in [4.69, 9.17) is 0 Å². The molecule has 0 aliphatic rings. The Hall–Kier alpha value is -4.37. The minimum atomic E-state index is -0.409. The second-order valence-corrected chi connectivity index (χ2v) is 7.97. The van der Waals surface area contributed by atoms with E-state index in [1.54, 1.807) is 48.5 Å². The van der Waals surface area contributed by atoms with Gasteiger partial charge in [-0.05, 0) is 30.3 Å². The molecule has 3 amide bonds. The van der Waals surface area contributed by atoms with E-state index in [0.29, 0.717) is 32.6 Å². The molecule has 4 rings (SSSR count). The van der Waals surface area contributed by atoms with Crippen LogP contribution in [0.25, 0.3) is 10.6 Å². The van der Waals surface area contributed by atoms with Crippen LogP contribution in [0.2, 0.25) is 0 Å². The van der Waals surface area contributed by atoms with Gasteiger partial charge in [-0.25, -0.2) is 0 Å². The highest BCUT2D eigenvalue weighted by Crippen LogP contribution is 2.26. The summed E-state index contributed by atoms with van der Waals surface area (Å²) < 4.78 is 0. The summed E-state index contributed by atoms with van der Waals surface area (Å²) in [6.07, 6.45) is 0. The highest BCUT2D eigenvalue weighted by molar-refractivity contribution is 7.18. The second-order valence-electron chi connectivity index (χ2n) is 6.99. The van der Waals surface area contributed by atoms with Crippen LogP contribution in [0, 0.1) is 0 Å². The molecule has 0 saturated heterocycles. The van der Waals surface area contributed by atoms with E-state index >= 15 is 0 Å². The minimum Gasteiger partial charge on any atom is -0.326 e. The van der Waals surface area contributed by atoms with E-state index < -0.39 is 5.91 Å². The van der Waals surface area contributed by atoms with Gasteiger partial charge in [-0.1, -0.05) is 59.9 Å². The maximum absolute atomic E-state index is 12.7. The predicted molar refractivity (Wildman–Crippen MR) is 128 cm³/mol. The number of hydrogen-bond donors (Lipinski definition) is 3. The zero-order valence-corrected chi connectivity index (χ0v) is 18.3. The molecule has 0 bridgehead atoms. The van der Waals surface area contributed by atoms with Crippen LogP contribution in [0.4, 0.5) is 16.5 Å². The number of anilines is 3. The molecule has 0 aliphatic carbocycles. The fourth-order valence-corrected chi connectivity index (χ4v) is 3.80. The summed E-state index contributed by atoms with van der Waals surface area (Å²) in [7, 11) is 0. The van der Waals surface area contributed by atoms with E-state index in [1.165, 1.54) is 18.3 Å². The first-order valence-corrected chi connectivity index (χ1v) is 10.8. The number of nitrogens with zero attached hydrogens (tertiary/aromatic N) is 2. The molecule has 1 aromatic heterocycles. The average Bonchev–Trinajstić information content (AvgIpc) is 3.28. The predicted octanol–water partition coefficient (Wildman–Crippen LogP) is 4.67. The van der Waals surface area contributed by atoms with Gasteiger partial charge in [0.1, 0.15) is 5.01 Å². The second kappa shape index (κ2) is 9.84. The number of hydrogen-bond acceptors (Lipinski definition) is 6. The molecule has 0 saturated carbocycles. The summed E-state index contributed by atoms with van der Waals surface area (Å²) in [6, 6.07) is 22.8. The Bertz CT molecular complexity index is 1320. The van der Waals surface area contributed by atoms with Gasteiger partial charge in [0.05, 0.1) is 11.3 Å². The SMILES string of the molecule is CC(=O)Nc1ccccc1C(=O)Nc1cccc(C(=O)Nc2nnc(-c3ccccc3)s2)c1. The Morgan fingerprint density at radius 3 is 2.30 bits per heavy atom. The van der Waals surface area contributed by atoms with Crippen molar-refractivity contribution in [1.82, 2.24) is 10.2 Å². The maximum atomic E-state index is 12.7. The number of para-hydroxylation sites is 1. The van der Waals surface area contributed by atoms with Gasteiger partial charge in [-0.2, -0.15) is 0 Å². The number of nitrogens with one attached hydrogen (secondary N) is 3. The lowest BCUT2D eigenvalue weighted by molar-refractivity contribution is -0.114. The Balaban J connectivity index is 1.46. The highest BCUT2D eigenvalue weighted by Gasteiger charge is 2.15. The third-order valence-corrected chi connectivity index (χ3v) is 5.42. The van der Waals surface area contributed by atoms with Gasteiger partial charge < -0.3 is 10.6 Å². The number of carbonyl (C=O) groups excluding carboxylic acids is 3. The third-order valence-electron chi connectivity index (χ3n) is 4.53. The monoisotopic (exact) mass is 457 g/mol. The largest absolute Gasteiger partial charge is 0.326 e. The van der Waals surface area contributed by atoms with Crippen LogP contribution in [0.3, 0.4) is 0 Å². The van der Waals surface area contributed by atoms with Crippen LogP contribution in [0.1, 0.15) is 27.6 Å². The lowest BCUT2D eigenvalue weighted by atomic mass is 10.1. The van der Waals surface area contributed by atoms with Crippen molar-refractivity contribution in [3.05, 3.63) is 90.0 Å². The van der Waals surface area contributed by atoms with Gasteiger partial charge in [-0.15, -0.1) is 10.2 Å². The molecule has 0 unspecified atom stereocenters. The smallest absolute Gasteiger partial charge is 0.257 e. The van der Waals surface area contributed by atoms with Crippen LogP contribution in [0.15, 0.2) is 78.9 Å². The lowest BCUT2D eigenvalue weighted by Gasteiger charge is -2.11. The lowest BCUT2D eigenvalue weighted by Crippen LogP contribution is -2.17. The molecule has 8 nitrogen and oxygen atoms in total. The number of carbonyl (C=O) groups is 3. The molecule has 3 N–H and O–H groups in total. The van der Waals surface area contributed by atoms with Crippen LogP contribution in [0.5, 0.6) is 0 Å². The average molecular weight is 458 g/mol. The van der Waals surface area contributed by atoms with E-state index in [2.05, 4.69) is 26.1 Å². The van der Waals surface area contributed by atoms with Gasteiger partial charge in [0.2, 0.25) is 11.0 Å². The molecule has 0 radical (unpaired) electrons. The zero-order chi connectivity index (χ0) is 23.2. The summed E-state index contributed by atoms with van der Waals surface area (Å²) in [6.45, 7) is 1.37. The van der Waals surface area contributed by atoms with Crippen molar-refractivity contribution in [2.45, 2.75) is 6.92 Å². The minimum absolute atomic E-state index is 0.277. The molecule has 4 aromatic rings. The number of rotatable bonds is 6. The quantitative estimate of drug-likeness (QED) is 0.389. The van der Waals surface area contributed by atoms with Gasteiger partial charge in [0.15, 0.2) is 0 Å². The standard InChI is InChI=1S/C24H19N5O3S/c1-15(30)25-20-13-6-5-12-19(20)22(32)26-18-11-7-10-17(14-18)21(31)27-24-29-28-23(33-24)16-8-3-2-4-9-16/h2-14H,1H3,(H,25,30)(H,26,32)(H,27,29,31). The van der Waals surface area contributed by atoms with Crippen molar-refractivity contribution < 1.29 is 14.4 Å². The summed E-state index contributed by atoms with van der Waals surface area (Å²) in [4.78, 5) is 36.9. The number of amides is 3. The Morgan fingerprint density at radius 2 is 1.52 bits per heavy atom. The first-order valence-electron chi connectivity index (χ1n) is 9.98. The van der Waals surface area contributed by atoms with Crippen LogP contribution < -0.4 is 16.0 Å². The van der Waals surface area contributed by atoms with Gasteiger partial charge in [0, 0.05) is 23.7 Å². The number of aromatic nitrogens is 2. The summed E-state index contributed by atoms with van der Waals surface area (Å²) in [5.74, 6) is -1.06. The van der Waals surface area contributed by atoms with Crippen LogP contribution in [-0.2, 0) is 4.79 Å². The molecule has 164 valence electrons. The van der Waals surface area contributed by atoms with Crippen molar-refractivity contribution in [2.24, 2.45) is 0 Å². The van der Waals surface area contributed by atoms with Gasteiger partial charge in [0.25, 0.3) is 11.8 Å². The van der Waals surface area contributed by atoms with Crippen LogP contribution >= 0.6 is 11.3 Å². The first-order chi connectivity index (χ1) is 16.0. The molecular formula is C24H19N5O3S. The van der Waals surface area contributed by atoms with E-state index in [9.17, 15) is 14.4 Å². The molecule has 0 fully saturated rings. The molecule has 0 spiro atoms. The Morgan fingerprint density at radius 1 is 0.758 bits per heavy atom. The van der Waals surface area contributed by atoms with Crippen molar-refractivity contribution >= 4 is 45.6 Å². The summed E-state index contributed by atoms with van der Waals surface area (Å²) in [5.41, 5.74) is 2.42. The molecular weight excluding hydrogens is 438 g/mol. The van der Waals surface area contributed by atoms with E-state index in [0.717, 1.165) is 5.56 Å².